The Hall–Kier alpha value is -1.22. The van der Waals surface area contributed by atoms with E-state index in [0.717, 1.165) is 6.42 Å². The minimum Gasteiger partial charge on any atom is -0.273 e. The molecular formula is C8H12N4OS. The van der Waals surface area contributed by atoms with Crippen molar-refractivity contribution < 1.29 is 0 Å². The molecule has 1 N–H and O–H groups in total. The fourth-order valence-corrected chi connectivity index (χ4v) is 1.92. The number of nitriles is 1. The second-order valence-electron chi connectivity index (χ2n) is 2.88. The van der Waals surface area contributed by atoms with E-state index < -0.39 is 0 Å². The Bertz CT molecular complexity index is 389. The number of H-pyrrole nitrogens is 1. The lowest BCUT2D eigenvalue weighted by atomic mass is 10.3. The number of rotatable bonds is 4. The van der Waals surface area contributed by atoms with Crippen LogP contribution in [-0.4, -0.2) is 20.0 Å². The van der Waals surface area contributed by atoms with E-state index in [-0.39, 0.29) is 10.9 Å². The zero-order valence-corrected chi connectivity index (χ0v) is 8.97. The van der Waals surface area contributed by atoms with Crippen LogP contribution in [-0.2, 0) is 7.05 Å². The predicted octanol–water partition coefficient (Wildman–Crippen LogP) is 0.893. The van der Waals surface area contributed by atoms with E-state index in [9.17, 15) is 4.79 Å². The molecule has 0 fully saturated rings. The van der Waals surface area contributed by atoms with Gasteiger partial charge in [-0.2, -0.15) is 5.26 Å². The molecule has 1 atom stereocenters. The normalized spacial score (nSPS) is 12.4. The molecule has 1 unspecified atom stereocenters. The summed E-state index contributed by atoms with van der Waals surface area (Å²) in [5, 5.41) is 15.6. The van der Waals surface area contributed by atoms with Gasteiger partial charge in [0.15, 0.2) is 5.16 Å². The number of aromatic nitrogens is 3. The molecule has 1 rings (SSSR count). The maximum absolute atomic E-state index is 11.0. The first-order valence-electron chi connectivity index (χ1n) is 4.34. The summed E-state index contributed by atoms with van der Waals surface area (Å²) in [5.74, 6) is 0. The van der Waals surface area contributed by atoms with Gasteiger partial charge < -0.3 is 0 Å². The molecule has 0 aromatic carbocycles. The van der Waals surface area contributed by atoms with Crippen LogP contribution in [0.5, 0.6) is 0 Å². The summed E-state index contributed by atoms with van der Waals surface area (Å²) in [6.07, 6.45) is 1.36. The Kier molecular flexibility index (Phi) is 3.77. The number of hydrogen-bond acceptors (Lipinski definition) is 4. The summed E-state index contributed by atoms with van der Waals surface area (Å²) in [6, 6.07) is 2.12. The van der Waals surface area contributed by atoms with Gasteiger partial charge in [-0.3, -0.25) is 4.57 Å². The third kappa shape index (κ3) is 2.39. The van der Waals surface area contributed by atoms with Crippen LogP contribution in [0.25, 0.3) is 0 Å². The van der Waals surface area contributed by atoms with Gasteiger partial charge in [0, 0.05) is 18.7 Å². The second kappa shape index (κ2) is 4.86. The Morgan fingerprint density at radius 3 is 2.93 bits per heavy atom. The lowest BCUT2D eigenvalue weighted by molar-refractivity contribution is 0.753. The van der Waals surface area contributed by atoms with Crippen molar-refractivity contribution in [2.75, 3.05) is 0 Å². The lowest BCUT2D eigenvalue weighted by Gasteiger charge is -2.08. The van der Waals surface area contributed by atoms with E-state index in [1.54, 1.807) is 7.05 Å². The van der Waals surface area contributed by atoms with E-state index >= 15 is 0 Å². The van der Waals surface area contributed by atoms with Crippen molar-refractivity contribution in [2.24, 2.45) is 7.05 Å². The topological polar surface area (TPSA) is 74.5 Å². The van der Waals surface area contributed by atoms with Gasteiger partial charge in [0.25, 0.3) is 0 Å². The molecule has 0 aliphatic rings. The molecule has 0 bridgehead atoms. The average Bonchev–Trinajstić information content (AvgIpc) is 2.49. The average molecular weight is 212 g/mol. The van der Waals surface area contributed by atoms with E-state index in [4.69, 9.17) is 5.26 Å². The van der Waals surface area contributed by atoms with Crippen molar-refractivity contribution in [3.05, 3.63) is 10.5 Å². The molecule has 0 amide bonds. The second-order valence-corrected chi connectivity index (χ2v) is 4.15. The van der Waals surface area contributed by atoms with Gasteiger partial charge in [0.1, 0.15) is 0 Å². The van der Waals surface area contributed by atoms with Crippen molar-refractivity contribution in [2.45, 2.75) is 30.2 Å². The molecule has 14 heavy (non-hydrogen) atoms. The smallest absolute Gasteiger partial charge is 0.273 e. The number of aromatic amines is 1. The quantitative estimate of drug-likeness (QED) is 0.752. The highest BCUT2D eigenvalue weighted by Gasteiger charge is 2.12. The van der Waals surface area contributed by atoms with Crippen LogP contribution in [0.2, 0.25) is 0 Å². The minimum absolute atomic E-state index is 0.203. The largest absolute Gasteiger partial charge is 0.343 e. The van der Waals surface area contributed by atoms with Crippen LogP contribution in [0.3, 0.4) is 0 Å². The van der Waals surface area contributed by atoms with Crippen LogP contribution in [0.4, 0.5) is 0 Å². The zero-order valence-electron chi connectivity index (χ0n) is 8.15. The number of thioether (sulfide) groups is 1. The summed E-state index contributed by atoms with van der Waals surface area (Å²) in [6.45, 7) is 2.01. The first kappa shape index (κ1) is 10.9. The number of hydrogen-bond donors (Lipinski definition) is 1. The van der Waals surface area contributed by atoms with Gasteiger partial charge in [-0.1, -0.05) is 18.7 Å². The number of nitrogens with zero attached hydrogens (tertiary/aromatic N) is 3. The SMILES string of the molecule is CCC(CC#N)Sc1n[nH]c(=O)n1C. The predicted molar refractivity (Wildman–Crippen MR) is 54.0 cm³/mol. The van der Waals surface area contributed by atoms with Crippen molar-refractivity contribution in [3.8, 4) is 6.07 Å². The lowest BCUT2D eigenvalue weighted by Crippen LogP contribution is -2.13. The van der Waals surface area contributed by atoms with Crippen molar-refractivity contribution >= 4 is 11.8 Å². The number of nitrogens with one attached hydrogen (secondary N) is 1. The molecule has 0 saturated carbocycles. The minimum atomic E-state index is -0.223. The van der Waals surface area contributed by atoms with E-state index in [2.05, 4.69) is 16.3 Å². The third-order valence-corrected chi connectivity index (χ3v) is 3.29. The molecule has 0 radical (unpaired) electrons. The standard InChI is InChI=1S/C8H12N4OS/c1-3-6(4-5-9)14-8-11-10-7(13)12(8)2/h6H,3-4H2,1-2H3,(H,10,13). The molecule has 1 aromatic rings. The fourth-order valence-electron chi connectivity index (χ4n) is 0.958. The summed E-state index contributed by atoms with van der Waals surface area (Å²) < 4.78 is 1.45. The first-order chi connectivity index (χ1) is 6.69. The van der Waals surface area contributed by atoms with Gasteiger partial charge in [-0.15, -0.1) is 5.10 Å². The van der Waals surface area contributed by atoms with Crippen molar-refractivity contribution in [1.82, 2.24) is 14.8 Å². The highest BCUT2D eigenvalue weighted by molar-refractivity contribution is 7.99. The van der Waals surface area contributed by atoms with E-state index in [1.165, 1.54) is 16.3 Å². The monoisotopic (exact) mass is 212 g/mol. The molecule has 1 aromatic heterocycles. The molecule has 6 heteroatoms. The Morgan fingerprint density at radius 1 is 1.79 bits per heavy atom. The van der Waals surface area contributed by atoms with Crippen LogP contribution in [0, 0.1) is 11.3 Å². The Morgan fingerprint density at radius 2 is 2.50 bits per heavy atom. The highest BCUT2D eigenvalue weighted by Crippen LogP contribution is 2.23. The third-order valence-electron chi connectivity index (χ3n) is 1.89. The van der Waals surface area contributed by atoms with E-state index in [1.807, 2.05) is 6.92 Å². The molecule has 0 spiro atoms. The van der Waals surface area contributed by atoms with E-state index in [0.29, 0.717) is 11.6 Å². The van der Waals surface area contributed by atoms with Gasteiger partial charge >= 0.3 is 5.69 Å². The molecule has 1 heterocycles. The summed E-state index contributed by atoms with van der Waals surface area (Å²) in [4.78, 5) is 11.0. The van der Waals surface area contributed by atoms with Crippen LogP contribution in [0.15, 0.2) is 9.95 Å². The fraction of sp³-hybridized carbons (Fsp3) is 0.625. The summed E-state index contributed by atoms with van der Waals surface area (Å²) in [7, 11) is 1.66. The van der Waals surface area contributed by atoms with Crippen molar-refractivity contribution in [1.29, 1.82) is 5.26 Å². The van der Waals surface area contributed by atoms with Gasteiger partial charge in [-0.05, 0) is 6.42 Å². The molecular weight excluding hydrogens is 200 g/mol. The van der Waals surface area contributed by atoms with Gasteiger partial charge in [-0.25, -0.2) is 9.89 Å². The molecule has 5 nitrogen and oxygen atoms in total. The van der Waals surface area contributed by atoms with Crippen molar-refractivity contribution in [3.63, 3.8) is 0 Å². The molecule has 0 aliphatic heterocycles. The summed E-state index contributed by atoms with van der Waals surface area (Å²) >= 11 is 1.46. The first-order valence-corrected chi connectivity index (χ1v) is 5.22. The molecule has 0 aliphatic carbocycles. The van der Waals surface area contributed by atoms with Crippen LogP contribution >= 0.6 is 11.8 Å². The van der Waals surface area contributed by atoms with Gasteiger partial charge in [0.05, 0.1) is 6.07 Å². The van der Waals surface area contributed by atoms with Gasteiger partial charge in [0.2, 0.25) is 0 Å². The Labute approximate surface area is 86.1 Å². The van der Waals surface area contributed by atoms with Crippen LogP contribution < -0.4 is 5.69 Å². The highest BCUT2D eigenvalue weighted by atomic mass is 32.2. The molecule has 0 saturated heterocycles. The Balaban J connectivity index is 2.73. The maximum Gasteiger partial charge on any atom is 0.343 e. The zero-order chi connectivity index (χ0) is 10.6. The molecule has 76 valence electrons. The summed E-state index contributed by atoms with van der Waals surface area (Å²) in [5.41, 5.74) is -0.223. The maximum atomic E-state index is 11.0. The van der Waals surface area contributed by atoms with Crippen LogP contribution in [0.1, 0.15) is 19.8 Å².